The van der Waals surface area contributed by atoms with E-state index in [1.807, 2.05) is 6.07 Å². The second-order valence-electron chi connectivity index (χ2n) is 7.40. The van der Waals surface area contributed by atoms with Crippen LogP contribution in [0.2, 0.25) is 0 Å². The van der Waals surface area contributed by atoms with Crippen molar-refractivity contribution in [3.05, 3.63) is 29.8 Å². The van der Waals surface area contributed by atoms with Crippen molar-refractivity contribution >= 4 is 27.7 Å². The Labute approximate surface area is 175 Å². The van der Waals surface area contributed by atoms with Crippen molar-refractivity contribution in [3.8, 4) is 6.07 Å². The summed E-state index contributed by atoms with van der Waals surface area (Å²) in [6.45, 7) is 1.16. The SMILES string of the molecule is N#Cc1ccc(S(=O)(=O)N2CCC(C(=O)NCCCN3C(=O)CCC3=O)CC2)cc1. The lowest BCUT2D eigenvalue weighted by Crippen LogP contribution is -2.43. The lowest BCUT2D eigenvalue weighted by molar-refractivity contribution is -0.138. The van der Waals surface area contributed by atoms with Crippen LogP contribution in [0.4, 0.5) is 0 Å². The van der Waals surface area contributed by atoms with Gasteiger partial charge in [-0.3, -0.25) is 19.3 Å². The van der Waals surface area contributed by atoms with Crippen LogP contribution in [0.5, 0.6) is 0 Å². The summed E-state index contributed by atoms with van der Waals surface area (Å²) in [7, 11) is -3.65. The number of hydrogen-bond donors (Lipinski definition) is 1. The number of nitrogens with one attached hydrogen (secondary N) is 1. The molecule has 0 unspecified atom stereocenters. The van der Waals surface area contributed by atoms with Crippen LogP contribution >= 0.6 is 0 Å². The second kappa shape index (κ2) is 9.36. The minimum Gasteiger partial charge on any atom is -0.356 e. The zero-order valence-corrected chi connectivity index (χ0v) is 17.4. The summed E-state index contributed by atoms with van der Waals surface area (Å²) in [5.74, 6) is -0.735. The fraction of sp³-hybridized carbons (Fsp3) is 0.500. The molecule has 3 amide bonds. The zero-order valence-electron chi connectivity index (χ0n) is 16.5. The summed E-state index contributed by atoms with van der Waals surface area (Å²) >= 11 is 0. The van der Waals surface area contributed by atoms with E-state index >= 15 is 0 Å². The predicted octanol–water partition coefficient (Wildman–Crippen LogP) is 0.614. The quantitative estimate of drug-likeness (QED) is 0.497. The van der Waals surface area contributed by atoms with Gasteiger partial charge in [0, 0.05) is 44.9 Å². The highest BCUT2D eigenvalue weighted by Gasteiger charge is 2.32. The number of carbonyl (C=O) groups excluding carboxylic acids is 3. The Bertz CT molecular complexity index is 944. The Morgan fingerprint density at radius 3 is 2.27 bits per heavy atom. The van der Waals surface area contributed by atoms with Gasteiger partial charge < -0.3 is 5.32 Å². The monoisotopic (exact) mass is 432 g/mol. The normalized spacial score (nSPS) is 18.4. The number of rotatable bonds is 7. The summed E-state index contributed by atoms with van der Waals surface area (Å²) in [6.07, 6.45) is 1.86. The van der Waals surface area contributed by atoms with Crippen molar-refractivity contribution in [3.63, 3.8) is 0 Å². The minimum absolute atomic E-state index is 0.135. The number of likely N-dealkylation sites (tertiary alicyclic amines) is 1. The summed E-state index contributed by atoms with van der Waals surface area (Å²) in [4.78, 5) is 36.8. The maximum absolute atomic E-state index is 12.7. The molecule has 2 fully saturated rings. The van der Waals surface area contributed by atoms with Crippen LogP contribution in [0.25, 0.3) is 0 Å². The van der Waals surface area contributed by atoms with Crippen molar-refractivity contribution in [2.24, 2.45) is 5.92 Å². The highest BCUT2D eigenvalue weighted by Crippen LogP contribution is 2.24. The number of nitrogens with zero attached hydrogens (tertiary/aromatic N) is 3. The predicted molar refractivity (Wildman–Crippen MR) is 106 cm³/mol. The molecule has 0 atom stereocenters. The van der Waals surface area contributed by atoms with Gasteiger partial charge in [-0.1, -0.05) is 0 Å². The molecule has 9 nitrogen and oxygen atoms in total. The number of piperidine rings is 1. The van der Waals surface area contributed by atoms with Gasteiger partial charge in [-0.15, -0.1) is 0 Å². The lowest BCUT2D eigenvalue weighted by atomic mass is 9.97. The average molecular weight is 433 g/mol. The molecule has 3 rings (SSSR count). The standard InChI is InChI=1S/C20H24N4O5S/c21-14-15-2-4-17(5-3-15)30(28,29)23-12-8-16(9-13-23)20(27)22-10-1-11-24-18(25)6-7-19(24)26/h2-5,16H,1,6-13H2,(H,22,27). The molecule has 0 saturated carbocycles. The highest BCUT2D eigenvalue weighted by atomic mass is 32.2. The second-order valence-corrected chi connectivity index (χ2v) is 9.34. The van der Waals surface area contributed by atoms with E-state index < -0.39 is 10.0 Å². The average Bonchev–Trinajstić information content (AvgIpc) is 3.08. The van der Waals surface area contributed by atoms with Gasteiger partial charge in [-0.05, 0) is 43.5 Å². The maximum atomic E-state index is 12.7. The van der Waals surface area contributed by atoms with E-state index in [1.165, 1.54) is 33.5 Å². The van der Waals surface area contributed by atoms with Gasteiger partial charge in [-0.2, -0.15) is 9.57 Å². The van der Waals surface area contributed by atoms with Crippen LogP contribution in [0.3, 0.4) is 0 Å². The summed E-state index contributed by atoms with van der Waals surface area (Å²) in [5.41, 5.74) is 0.391. The summed E-state index contributed by atoms with van der Waals surface area (Å²) in [6, 6.07) is 7.73. The van der Waals surface area contributed by atoms with Crippen molar-refractivity contribution in [1.82, 2.24) is 14.5 Å². The van der Waals surface area contributed by atoms with E-state index in [9.17, 15) is 22.8 Å². The molecule has 2 heterocycles. The van der Waals surface area contributed by atoms with Crippen LogP contribution < -0.4 is 5.32 Å². The number of benzene rings is 1. The molecule has 1 aromatic rings. The molecule has 2 aliphatic rings. The van der Waals surface area contributed by atoms with Gasteiger partial charge >= 0.3 is 0 Å². The Balaban J connectivity index is 1.44. The third kappa shape index (κ3) is 4.86. The number of sulfonamides is 1. The van der Waals surface area contributed by atoms with Crippen molar-refractivity contribution in [2.45, 2.75) is 37.0 Å². The third-order valence-electron chi connectivity index (χ3n) is 5.46. The molecule has 160 valence electrons. The first-order valence-corrected chi connectivity index (χ1v) is 11.4. The Morgan fingerprint density at radius 1 is 1.10 bits per heavy atom. The van der Waals surface area contributed by atoms with Gasteiger partial charge in [0.05, 0.1) is 16.5 Å². The van der Waals surface area contributed by atoms with Crippen LogP contribution in [0.1, 0.15) is 37.7 Å². The minimum atomic E-state index is -3.65. The molecular weight excluding hydrogens is 408 g/mol. The molecule has 2 saturated heterocycles. The van der Waals surface area contributed by atoms with Gasteiger partial charge in [0.1, 0.15) is 0 Å². The number of amides is 3. The van der Waals surface area contributed by atoms with Crippen LogP contribution in [-0.2, 0) is 24.4 Å². The summed E-state index contributed by atoms with van der Waals surface area (Å²) < 4.78 is 26.8. The van der Waals surface area contributed by atoms with E-state index in [-0.39, 0.29) is 54.5 Å². The van der Waals surface area contributed by atoms with Gasteiger partial charge in [-0.25, -0.2) is 8.42 Å². The Hall–Kier alpha value is -2.77. The molecule has 1 N–H and O–H groups in total. The van der Waals surface area contributed by atoms with Crippen LogP contribution in [0.15, 0.2) is 29.2 Å². The van der Waals surface area contributed by atoms with Crippen LogP contribution in [-0.4, -0.2) is 61.5 Å². The number of nitriles is 1. The van der Waals surface area contributed by atoms with Crippen molar-refractivity contribution in [1.29, 1.82) is 5.26 Å². The molecule has 0 bridgehead atoms. The molecule has 2 aliphatic heterocycles. The zero-order chi connectivity index (χ0) is 21.7. The van der Waals surface area contributed by atoms with Gasteiger partial charge in [0.15, 0.2) is 0 Å². The van der Waals surface area contributed by atoms with Gasteiger partial charge in [0.25, 0.3) is 0 Å². The van der Waals surface area contributed by atoms with E-state index in [0.29, 0.717) is 37.9 Å². The molecular formula is C20H24N4O5S. The summed E-state index contributed by atoms with van der Waals surface area (Å²) in [5, 5.41) is 11.7. The van der Waals surface area contributed by atoms with E-state index in [4.69, 9.17) is 5.26 Å². The van der Waals surface area contributed by atoms with E-state index in [2.05, 4.69) is 5.32 Å². The third-order valence-corrected chi connectivity index (χ3v) is 7.37. The molecule has 0 radical (unpaired) electrons. The maximum Gasteiger partial charge on any atom is 0.243 e. The molecule has 0 aromatic heterocycles. The molecule has 1 aromatic carbocycles. The van der Waals surface area contributed by atoms with E-state index in [1.54, 1.807) is 0 Å². The first-order valence-electron chi connectivity index (χ1n) is 9.94. The highest BCUT2D eigenvalue weighted by molar-refractivity contribution is 7.89. The van der Waals surface area contributed by atoms with Crippen molar-refractivity contribution < 1.29 is 22.8 Å². The fourth-order valence-corrected chi connectivity index (χ4v) is 5.14. The van der Waals surface area contributed by atoms with Crippen LogP contribution in [0, 0.1) is 17.2 Å². The molecule has 30 heavy (non-hydrogen) atoms. The first-order chi connectivity index (χ1) is 14.3. The fourth-order valence-electron chi connectivity index (χ4n) is 3.67. The molecule has 0 aliphatic carbocycles. The molecule has 0 spiro atoms. The largest absolute Gasteiger partial charge is 0.356 e. The number of imide groups is 1. The number of hydrogen-bond acceptors (Lipinski definition) is 6. The lowest BCUT2D eigenvalue weighted by Gasteiger charge is -2.30. The smallest absolute Gasteiger partial charge is 0.243 e. The first kappa shape index (κ1) is 21.9. The van der Waals surface area contributed by atoms with Crippen molar-refractivity contribution in [2.75, 3.05) is 26.2 Å². The number of carbonyl (C=O) groups is 3. The Kier molecular flexibility index (Phi) is 6.84. The van der Waals surface area contributed by atoms with Gasteiger partial charge in [0.2, 0.25) is 27.7 Å². The molecule has 10 heteroatoms. The van der Waals surface area contributed by atoms with E-state index in [0.717, 1.165) is 0 Å². The topological polar surface area (TPSA) is 128 Å². The Morgan fingerprint density at radius 2 is 1.70 bits per heavy atom.